The summed E-state index contributed by atoms with van der Waals surface area (Å²) in [6, 6.07) is 7.58. The zero-order valence-electron chi connectivity index (χ0n) is 11.5. The fourth-order valence-corrected chi connectivity index (χ4v) is 2.67. The first-order valence-electron chi connectivity index (χ1n) is 6.27. The Kier molecular flexibility index (Phi) is 5.77. The van der Waals surface area contributed by atoms with Crippen LogP contribution in [0.1, 0.15) is 5.56 Å². The van der Waals surface area contributed by atoms with Crippen LogP contribution in [0, 0.1) is 6.92 Å². The molecule has 5 nitrogen and oxygen atoms in total. The molecule has 2 N–H and O–H groups in total. The average molecular weight is 321 g/mol. The lowest BCUT2D eigenvalue weighted by Gasteiger charge is -2.05. The van der Waals surface area contributed by atoms with Gasteiger partial charge in [0.1, 0.15) is 0 Å². The minimum atomic E-state index is -0.155. The van der Waals surface area contributed by atoms with Crippen LogP contribution in [-0.2, 0) is 9.59 Å². The molecule has 0 atom stereocenters. The summed E-state index contributed by atoms with van der Waals surface area (Å²) in [5.41, 5.74) is 1.90. The van der Waals surface area contributed by atoms with Crippen molar-refractivity contribution < 1.29 is 9.59 Å². The zero-order chi connectivity index (χ0) is 15.1. The van der Waals surface area contributed by atoms with Crippen molar-refractivity contribution in [3.05, 3.63) is 41.4 Å². The summed E-state index contributed by atoms with van der Waals surface area (Å²) in [5, 5.41) is 7.82. The van der Waals surface area contributed by atoms with E-state index in [-0.39, 0.29) is 23.3 Å². The van der Waals surface area contributed by atoms with Gasteiger partial charge in [0.25, 0.3) is 0 Å². The maximum Gasteiger partial charge on any atom is 0.236 e. The number of hydrogen-bond acceptors (Lipinski definition) is 5. The molecule has 0 radical (unpaired) electrons. The molecule has 1 aromatic heterocycles. The Morgan fingerprint density at radius 3 is 2.43 bits per heavy atom. The Morgan fingerprint density at radius 1 is 1.14 bits per heavy atom. The third kappa shape index (κ3) is 5.57. The highest BCUT2D eigenvalue weighted by molar-refractivity contribution is 8.00. The molecule has 110 valence electrons. The van der Waals surface area contributed by atoms with E-state index >= 15 is 0 Å². The molecule has 21 heavy (non-hydrogen) atoms. The Hall–Kier alpha value is -1.86. The predicted octanol–water partition coefficient (Wildman–Crippen LogP) is 2.76. The number of aryl methyl sites for hydroxylation is 1. The topological polar surface area (TPSA) is 71.1 Å². The van der Waals surface area contributed by atoms with E-state index in [4.69, 9.17) is 0 Å². The van der Waals surface area contributed by atoms with Crippen LogP contribution in [-0.4, -0.2) is 28.3 Å². The first kappa shape index (κ1) is 15.5. The minimum absolute atomic E-state index is 0.120. The van der Waals surface area contributed by atoms with Gasteiger partial charge in [-0.25, -0.2) is 4.98 Å². The first-order chi connectivity index (χ1) is 10.1. The number of nitrogens with zero attached hydrogens (tertiary/aromatic N) is 1. The van der Waals surface area contributed by atoms with Gasteiger partial charge >= 0.3 is 0 Å². The van der Waals surface area contributed by atoms with E-state index in [1.54, 1.807) is 11.6 Å². The number of rotatable bonds is 6. The number of carbonyl (C=O) groups excluding carboxylic acids is 2. The van der Waals surface area contributed by atoms with Crippen LogP contribution in [0.3, 0.4) is 0 Å². The van der Waals surface area contributed by atoms with Crippen molar-refractivity contribution in [3.63, 3.8) is 0 Å². The molecule has 0 aliphatic carbocycles. The Labute approximate surface area is 131 Å². The number of anilines is 2. The Bertz CT molecular complexity index is 597. The first-order valence-corrected chi connectivity index (χ1v) is 8.30. The number of nitrogens with one attached hydrogen (secondary N) is 2. The van der Waals surface area contributed by atoms with Gasteiger partial charge in [0.05, 0.1) is 11.5 Å². The molecule has 1 aromatic carbocycles. The predicted molar refractivity (Wildman–Crippen MR) is 87.9 cm³/mol. The van der Waals surface area contributed by atoms with E-state index in [0.717, 1.165) is 11.3 Å². The van der Waals surface area contributed by atoms with Gasteiger partial charge in [-0.2, -0.15) is 0 Å². The fourth-order valence-electron chi connectivity index (χ4n) is 1.51. The molecule has 2 rings (SSSR count). The second-order valence-corrected chi connectivity index (χ2v) is 6.17. The molecule has 0 spiro atoms. The van der Waals surface area contributed by atoms with Crippen molar-refractivity contribution in [2.24, 2.45) is 0 Å². The lowest BCUT2D eigenvalue weighted by Crippen LogP contribution is -2.18. The number of thiazole rings is 1. The summed E-state index contributed by atoms with van der Waals surface area (Å²) < 4.78 is 0. The molecular formula is C14H15N3O2S2. The molecular weight excluding hydrogens is 306 g/mol. The number of aromatic nitrogens is 1. The van der Waals surface area contributed by atoms with Crippen molar-refractivity contribution in [3.8, 4) is 0 Å². The Morgan fingerprint density at radius 2 is 1.81 bits per heavy atom. The van der Waals surface area contributed by atoms with Crippen LogP contribution in [0.25, 0.3) is 0 Å². The van der Waals surface area contributed by atoms with E-state index < -0.39 is 0 Å². The van der Waals surface area contributed by atoms with E-state index in [1.165, 1.54) is 23.1 Å². The maximum atomic E-state index is 11.7. The molecule has 0 saturated heterocycles. The lowest BCUT2D eigenvalue weighted by molar-refractivity contribution is -0.114. The zero-order valence-corrected chi connectivity index (χ0v) is 13.1. The monoisotopic (exact) mass is 321 g/mol. The van der Waals surface area contributed by atoms with Crippen molar-refractivity contribution in [1.29, 1.82) is 0 Å². The van der Waals surface area contributed by atoms with E-state index in [1.807, 2.05) is 31.2 Å². The van der Waals surface area contributed by atoms with Crippen LogP contribution in [0.2, 0.25) is 0 Å². The highest BCUT2D eigenvalue weighted by Crippen LogP contribution is 2.12. The minimum Gasteiger partial charge on any atom is -0.325 e. The number of amides is 2. The average Bonchev–Trinajstić information content (AvgIpc) is 2.94. The van der Waals surface area contributed by atoms with Gasteiger partial charge < -0.3 is 10.6 Å². The number of benzene rings is 1. The molecule has 0 fully saturated rings. The molecule has 0 unspecified atom stereocenters. The van der Waals surface area contributed by atoms with Crippen molar-refractivity contribution in [2.45, 2.75) is 6.92 Å². The van der Waals surface area contributed by atoms with Gasteiger partial charge in [0.2, 0.25) is 11.8 Å². The summed E-state index contributed by atoms with van der Waals surface area (Å²) in [5.74, 6) is 0.184. The summed E-state index contributed by atoms with van der Waals surface area (Å²) in [6.07, 6.45) is 1.63. The van der Waals surface area contributed by atoms with Crippen molar-refractivity contribution in [1.82, 2.24) is 4.98 Å². The smallest absolute Gasteiger partial charge is 0.236 e. The second kappa shape index (κ2) is 7.80. The molecule has 0 bridgehead atoms. The van der Waals surface area contributed by atoms with Crippen LogP contribution in [0.4, 0.5) is 10.8 Å². The van der Waals surface area contributed by atoms with Gasteiger partial charge in [0, 0.05) is 17.3 Å². The second-order valence-electron chi connectivity index (χ2n) is 4.29. The van der Waals surface area contributed by atoms with Gasteiger partial charge in [-0.15, -0.1) is 23.1 Å². The third-order valence-electron chi connectivity index (χ3n) is 2.48. The lowest BCUT2D eigenvalue weighted by atomic mass is 10.2. The highest BCUT2D eigenvalue weighted by atomic mass is 32.2. The maximum absolute atomic E-state index is 11.7. The van der Waals surface area contributed by atoms with Crippen LogP contribution < -0.4 is 10.6 Å². The summed E-state index contributed by atoms with van der Waals surface area (Å²) in [4.78, 5) is 27.3. The van der Waals surface area contributed by atoms with Crippen molar-refractivity contribution >= 4 is 45.7 Å². The third-order valence-corrected chi connectivity index (χ3v) is 4.10. The molecule has 1 heterocycles. The molecule has 2 aromatic rings. The molecule has 0 aliphatic heterocycles. The summed E-state index contributed by atoms with van der Waals surface area (Å²) in [6.45, 7) is 1.99. The SMILES string of the molecule is Cc1ccc(NC(=O)CSCC(=O)Nc2nccs2)cc1. The van der Waals surface area contributed by atoms with Crippen LogP contribution in [0.5, 0.6) is 0 Å². The molecule has 7 heteroatoms. The van der Waals surface area contributed by atoms with Gasteiger partial charge in [-0.05, 0) is 19.1 Å². The summed E-state index contributed by atoms with van der Waals surface area (Å²) >= 11 is 2.63. The number of thioether (sulfide) groups is 1. The highest BCUT2D eigenvalue weighted by Gasteiger charge is 2.07. The van der Waals surface area contributed by atoms with Gasteiger partial charge in [-0.1, -0.05) is 17.7 Å². The molecule has 0 aliphatic rings. The summed E-state index contributed by atoms with van der Waals surface area (Å²) in [7, 11) is 0. The normalized spacial score (nSPS) is 10.1. The largest absolute Gasteiger partial charge is 0.325 e. The van der Waals surface area contributed by atoms with Crippen molar-refractivity contribution in [2.75, 3.05) is 22.1 Å². The van der Waals surface area contributed by atoms with E-state index in [0.29, 0.717) is 5.13 Å². The number of carbonyl (C=O) groups is 2. The number of hydrogen-bond donors (Lipinski definition) is 2. The Balaban J connectivity index is 1.67. The van der Waals surface area contributed by atoms with E-state index in [2.05, 4.69) is 15.6 Å². The van der Waals surface area contributed by atoms with Crippen LogP contribution >= 0.6 is 23.1 Å². The van der Waals surface area contributed by atoms with E-state index in [9.17, 15) is 9.59 Å². The molecule has 0 saturated carbocycles. The standard InChI is InChI=1S/C14H15N3O2S2/c1-10-2-4-11(5-3-10)16-12(18)8-20-9-13(19)17-14-15-6-7-21-14/h2-7H,8-9H2,1H3,(H,16,18)(H,15,17,19). The van der Waals surface area contributed by atoms with Crippen LogP contribution in [0.15, 0.2) is 35.8 Å². The van der Waals surface area contributed by atoms with Gasteiger partial charge in [-0.3, -0.25) is 9.59 Å². The van der Waals surface area contributed by atoms with Gasteiger partial charge in [0.15, 0.2) is 5.13 Å². The fraction of sp³-hybridized carbons (Fsp3) is 0.214. The molecule has 2 amide bonds. The quantitative estimate of drug-likeness (QED) is 0.858.